The molecule has 1 aromatic heterocycles. The summed E-state index contributed by atoms with van der Waals surface area (Å²) in [5, 5.41) is 18.1. The molecule has 1 atom stereocenters. The van der Waals surface area contributed by atoms with Crippen LogP contribution in [-0.4, -0.2) is 58.7 Å². The highest BCUT2D eigenvalue weighted by Gasteiger charge is 2.20. The number of hydrogen-bond donors (Lipinski definition) is 2. The van der Waals surface area contributed by atoms with Gasteiger partial charge in [-0.2, -0.15) is 5.10 Å². The Balaban J connectivity index is 1.37. The van der Waals surface area contributed by atoms with E-state index in [0.717, 1.165) is 37.4 Å². The van der Waals surface area contributed by atoms with E-state index < -0.39 is 6.10 Å². The van der Waals surface area contributed by atoms with Gasteiger partial charge in [0.25, 0.3) is 0 Å². The summed E-state index contributed by atoms with van der Waals surface area (Å²) < 4.78 is 7.92. The molecule has 1 saturated carbocycles. The van der Waals surface area contributed by atoms with Crippen molar-refractivity contribution in [1.82, 2.24) is 20.0 Å². The average molecular weight is 401 g/mol. The molecule has 6 nitrogen and oxygen atoms in total. The minimum atomic E-state index is -0.475. The molecule has 160 valence electrons. The van der Waals surface area contributed by atoms with Crippen LogP contribution < -0.4 is 10.1 Å². The Kier molecular flexibility index (Phi) is 8.99. The molecular weight excluding hydrogens is 364 g/mol. The highest BCUT2D eigenvalue weighted by molar-refractivity contribution is 5.33. The van der Waals surface area contributed by atoms with Gasteiger partial charge in [-0.15, -0.1) is 0 Å². The van der Waals surface area contributed by atoms with Crippen molar-refractivity contribution in [2.75, 3.05) is 26.7 Å². The Hall–Kier alpha value is -1.89. The van der Waals surface area contributed by atoms with E-state index in [2.05, 4.69) is 28.4 Å². The monoisotopic (exact) mass is 400 g/mol. The second-order valence-electron chi connectivity index (χ2n) is 8.10. The molecular formula is C23H36N4O2. The second kappa shape index (κ2) is 12.0. The van der Waals surface area contributed by atoms with E-state index in [0.29, 0.717) is 19.2 Å². The summed E-state index contributed by atoms with van der Waals surface area (Å²) in [4.78, 5) is 2.31. The molecule has 1 heterocycles. The van der Waals surface area contributed by atoms with Gasteiger partial charge in [-0.1, -0.05) is 37.5 Å². The summed E-state index contributed by atoms with van der Waals surface area (Å²) in [6.45, 7) is 3.58. The third-order valence-corrected chi connectivity index (χ3v) is 5.72. The molecule has 2 N–H and O–H groups in total. The van der Waals surface area contributed by atoms with Crippen LogP contribution in [0.15, 0.2) is 42.7 Å². The molecule has 29 heavy (non-hydrogen) atoms. The SMILES string of the molecule is CN(C[C@@H](O)COc1ccccc1CNCCCn1cccn1)C1CCCCC1. The number of aromatic nitrogens is 2. The molecule has 1 fully saturated rings. The highest BCUT2D eigenvalue weighted by Crippen LogP contribution is 2.22. The molecule has 0 saturated heterocycles. The van der Waals surface area contributed by atoms with Crippen LogP contribution in [0.1, 0.15) is 44.1 Å². The molecule has 1 aliphatic carbocycles. The second-order valence-corrected chi connectivity index (χ2v) is 8.10. The Labute approximate surface area is 174 Å². The largest absolute Gasteiger partial charge is 0.491 e. The zero-order chi connectivity index (χ0) is 20.3. The van der Waals surface area contributed by atoms with Gasteiger partial charge in [0.15, 0.2) is 0 Å². The fourth-order valence-electron chi connectivity index (χ4n) is 4.05. The van der Waals surface area contributed by atoms with Crippen LogP contribution in [0, 0.1) is 0 Å². The fourth-order valence-corrected chi connectivity index (χ4v) is 4.05. The number of benzene rings is 1. The van der Waals surface area contributed by atoms with E-state index in [-0.39, 0.29) is 0 Å². The van der Waals surface area contributed by atoms with Crippen molar-refractivity contribution in [3.63, 3.8) is 0 Å². The lowest BCUT2D eigenvalue weighted by atomic mass is 9.94. The lowest BCUT2D eigenvalue weighted by molar-refractivity contribution is 0.0558. The molecule has 3 rings (SSSR count). The number of nitrogens with zero attached hydrogens (tertiary/aromatic N) is 3. The van der Waals surface area contributed by atoms with Crippen LogP contribution in [0.2, 0.25) is 0 Å². The zero-order valence-corrected chi connectivity index (χ0v) is 17.7. The highest BCUT2D eigenvalue weighted by atomic mass is 16.5. The van der Waals surface area contributed by atoms with Crippen molar-refractivity contribution >= 4 is 0 Å². The molecule has 0 bridgehead atoms. The molecule has 0 aliphatic heterocycles. The predicted molar refractivity (Wildman–Crippen MR) is 116 cm³/mol. The normalized spacial score (nSPS) is 16.2. The number of aryl methyl sites for hydroxylation is 1. The van der Waals surface area contributed by atoms with Gasteiger partial charge in [0, 0.05) is 43.6 Å². The van der Waals surface area contributed by atoms with Crippen LogP contribution in [0.25, 0.3) is 0 Å². The number of aliphatic hydroxyl groups excluding tert-OH is 1. The van der Waals surface area contributed by atoms with Gasteiger partial charge in [-0.05, 0) is 45.0 Å². The van der Waals surface area contributed by atoms with Crippen molar-refractivity contribution in [3.05, 3.63) is 48.3 Å². The van der Waals surface area contributed by atoms with Crippen LogP contribution in [0.5, 0.6) is 5.75 Å². The molecule has 1 aromatic carbocycles. The van der Waals surface area contributed by atoms with Crippen molar-refractivity contribution in [1.29, 1.82) is 0 Å². The average Bonchev–Trinajstić information content (AvgIpc) is 3.27. The maximum Gasteiger partial charge on any atom is 0.123 e. The van der Waals surface area contributed by atoms with Crippen molar-refractivity contribution in [2.45, 2.75) is 63.8 Å². The molecule has 0 amide bonds. The number of hydrogen-bond acceptors (Lipinski definition) is 5. The first-order valence-corrected chi connectivity index (χ1v) is 11.0. The summed E-state index contributed by atoms with van der Waals surface area (Å²) in [5.74, 6) is 0.853. The summed E-state index contributed by atoms with van der Waals surface area (Å²) in [6, 6.07) is 10.6. The van der Waals surface area contributed by atoms with E-state index in [4.69, 9.17) is 4.74 Å². The first kappa shape index (κ1) is 21.8. The number of para-hydroxylation sites is 1. The molecule has 0 radical (unpaired) electrons. The minimum Gasteiger partial charge on any atom is -0.491 e. The lowest BCUT2D eigenvalue weighted by Crippen LogP contribution is -2.40. The van der Waals surface area contributed by atoms with E-state index in [1.54, 1.807) is 0 Å². The number of rotatable bonds is 12. The van der Waals surface area contributed by atoms with Crippen molar-refractivity contribution in [3.8, 4) is 5.75 Å². The Bertz CT molecular complexity index is 686. The van der Waals surface area contributed by atoms with E-state index in [1.807, 2.05) is 41.3 Å². The maximum absolute atomic E-state index is 10.4. The van der Waals surface area contributed by atoms with Crippen LogP contribution in [0.3, 0.4) is 0 Å². The first-order valence-electron chi connectivity index (χ1n) is 11.0. The summed E-state index contributed by atoms with van der Waals surface area (Å²) in [6.07, 6.45) is 10.8. The number of ether oxygens (including phenoxy) is 1. The van der Waals surface area contributed by atoms with Gasteiger partial charge in [-0.3, -0.25) is 4.68 Å². The Morgan fingerprint density at radius 2 is 2.07 bits per heavy atom. The summed E-state index contributed by atoms with van der Waals surface area (Å²) in [5.41, 5.74) is 1.12. The van der Waals surface area contributed by atoms with Gasteiger partial charge >= 0.3 is 0 Å². The summed E-state index contributed by atoms with van der Waals surface area (Å²) in [7, 11) is 2.13. The number of aliphatic hydroxyl groups is 1. The lowest BCUT2D eigenvalue weighted by Gasteiger charge is -2.32. The van der Waals surface area contributed by atoms with Gasteiger partial charge in [0.1, 0.15) is 18.5 Å². The first-order chi connectivity index (χ1) is 14.2. The molecule has 1 aliphatic rings. The quantitative estimate of drug-likeness (QED) is 0.536. The third-order valence-electron chi connectivity index (χ3n) is 5.72. The predicted octanol–water partition coefficient (Wildman–Crippen LogP) is 3.07. The maximum atomic E-state index is 10.4. The smallest absolute Gasteiger partial charge is 0.123 e. The van der Waals surface area contributed by atoms with E-state index >= 15 is 0 Å². The van der Waals surface area contributed by atoms with Gasteiger partial charge in [0.05, 0.1) is 0 Å². The number of likely N-dealkylation sites (N-methyl/N-ethyl adjacent to an activating group) is 1. The summed E-state index contributed by atoms with van der Waals surface area (Å²) >= 11 is 0. The van der Waals surface area contributed by atoms with E-state index in [9.17, 15) is 5.11 Å². The van der Waals surface area contributed by atoms with Gasteiger partial charge in [-0.25, -0.2) is 0 Å². The standard InChI is InChI=1S/C23H36N4O2/c1-26(21-10-3-2-4-11-21)18-22(28)19-29-23-12-6-5-9-20(23)17-24-13-7-15-27-16-8-14-25-27/h5-6,8-9,12,14,16,21-22,24,28H,2-4,7,10-11,13,15,17-19H2,1H3/t22-/m1/s1. The minimum absolute atomic E-state index is 0.327. The van der Waals surface area contributed by atoms with Crippen molar-refractivity contribution < 1.29 is 9.84 Å². The topological polar surface area (TPSA) is 62.6 Å². The number of nitrogens with one attached hydrogen (secondary N) is 1. The molecule has 6 heteroatoms. The third kappa shape index (κ3) is 7.46. The zero-order valence-electron chi connectivity index (χ0n) is 17.7. The van der Waals surface area contributed by atoms with Crippen LogP contribution >= 0.6 is 0 Å². The fraction of sp³-hybridized carbons (Fsp3) is 0.609. The Morgan fingerprint density at radius 3 is 2.86 bits per heavy atom. The van der Waals surface area contributed by atoms with Crippen LogP contribution in [-0.2, 0) is 13.1 Å². The molecule has 2 aromatic rings. The molecule has 0 spiro atoms. The van der Waals surface area contributed by atoms with Crippen LogP contribution in [0.4, 0.5) is 0 Å². The molecule has 0 unspecified atom stereocenters. The van der Waals surface area contributed by atoms with Gasteiger partial charge < -0.3 is 20.1 Å². The van der Waals surface area contributed by atoms with Gasteiger partial charge in [0.2, 0.25) is 0 Å². The van der Waals surface area contributed by atoms with Crippen molar-refractivity contribution in [2.24, 2.45) is 0 Å². The van der Waals surface area contributed by atoms with E-state index in [1.165, 1.54) is 32.1 Å². The Morgan fingerprint density at radius 1 is 1.24 bits per heavy atom.